The highest BCUT2D eigenvalue weighted by Gasteiger charge is 2.19. The van der Waals surface area contributed by atoms with Crippen molar-refractivity contribution in [1.29, 1.82) is 0 Å². The molecule has 1 aliphatic rings. The van der Waals surface area contributed by atoms with Crippen LogP contribution in [0.4, 0.5) is 11.4 Å². The Hall–Kier alpha value is -3.39. The van der Waals surface area contributed by atoms with Crippen LogP contribution in [-0.4, -0.2) is 53.2 Å². The first-order valence-corrected chi connectivity index (χ1v) is 10.1. The molecular weight excluding hydrogens is 382 g/mol. The second-order valence-electron chi connectivity index (χ2n) is 7.64. The highest BCUT2D eigenvalue weighted by molar-refractivity contribution is 6.04. The summed E-state index contributed by atoms with van der Waals surface area (Å²) >= 11 is 0. The van der Waals surface area contributed by atoms with Gasteiger partial charge in [-0.15, -0.1) is 0 Å². The molecule has 3 aromatic rings. The Morgan fingerprint density at radius 3 is 2.47 bits per heavy atom. The lowest BCUT2D eigenvalue weighted by molar-refractivity contribution is 0.102. The third-order valence-corrected chi connectivity index (χ3v) is 5.37. The van der Waals surface area contributed by atoms with Crippen molar-refractivity contribution in [3.63, 3.8) is 0 Å². The third-order valence-electron chi connectivity index (χ3n) is 5.37. The Morgan fingerprint density at radius 1 is 1.10 bits per heavy atom. The molecule has 8 nitrogen and oxygen atoms in total. The van der Waals surface area contributed by atoms with E-state index in [-0.39, 0.29) is 5.91 Å². The smallest absolute Gasteiger partial charge is 0.369 e. The normalized spacial score (nSPS) is 14.8. The van der Waals surface area contributed by atoms with E-state index in [0.717, 1.165) is 31.9 Å². The van der Waals surface area contributed by atoms with E-state index in [9.17, 15) is 9.59 Å². The number of anilines is 2. The first kappa shape index (κ1) is 19.9. The number of rotatable bonds is 5. The van der Waals surface area contributed by atoms with Crippen LogP contribution < -0.4 is 16.0 Å². The lowest BCUT2D eigenvalue weighted by Crippen LogP contribution is -2.48. The van der Waals surface area contributed by atoms with Crippen LogP contribution in [0.1, 0.15) is 24.2 Å². The number of hydrogen-bond acceptors (Lipinski definition) is 6. The molecule has 8 heteroatoms. The molecule has 2 N–H and O–H groups in total. The van der Waals surface area contributed by atoms with Crippen molar-refractivity contribution >= 4 is 17.3 Å². The van der Waals surface area contributed by atoms with Gasteiger partial charge in [-0.05, 0) is 50.2 Å². The summed E-state index contributed by atoms with van der Waals surface area (Å²) in [6.45, 7) is 8.52. The molecule has 0 radical (unpaired) electrons. The van der Waals surface area contributed by atoms with E-state index in [0.29, 0.717) is 28.7 Å². The Kier molecular flexibility index (Phi) is 5.67. The number of nitrogens with zero attached hydrogens (tertiary/aromatic N) is 3. The zero-order valence-electron chi connectivity index (χ0n) is 17.1. The van der Waals surface area contributed by atoms with Gasteiger partial charge in [0.1, 0.15) is 0 Å². The lowest BCUT2D eigenvalue weighted by atomic mass is 10.1. The standard InChI is InChI=1S/C22H25N5O3/c1-15(2)26-10-12-27(13-11-26)19-8-6-16(7-9-19)21(28)23-18-5-3-4-17(14-18)20-24-22(29)30-25-20/h3-9,14-15H,10-13H2,1-2H3,(H,23,28)(H,24,25,29). The van der Waals surface area contributed by atoms with E-state index >= 15 is 0 Å². The number of nitrogens with one attached hydrogen (secondary N) is 2. The van der Waals surface area contributed by atoms with Crippen molar-refractivity contribution < 1.29 is 9.32 Å². The first-order valence-electron chi connectivity index (χ1n) is 10.1. The molecule has 2 aromatic carbocycles. The molecule has 30 heavy (non-hydrogen) atoms. The first-order chi connectivity index (χ1) is 14.5. The van der Waals surface area contributed by atoms with Gasteiger partial charge in [-0.2, -0.15) is 0 Å². The molecule has 0 spiro atoms. The number of aromatic nitrogens is 2. The number of carbonyl (C=O) groups excluding carboxylic acids is 1. The average Bonchev–Trinajstić information content (AvgIpc) is 3.20. The molecule has 1 fully saturated rings. The van der Waals surface area contributed by atoms with Crippen LogP contribution in [0.15, 0.2) is 57.8 Å². The van der Waals surface area contributed by atoms with Crippen molar-refractivity contribution in [2.75, 3.05) is 36.4 Å². The highest BCUT2D eigenvalue weighted by atomic mass is 16.5. The van der Waals surface area contributed by atoms with Crippen molar-refractivity contribution in [1.82, 2.24) is 15.0 Å². The van der Waals surface area contributed by atoms with Crippen LogP contribution in [-0.2, 0) is 0 Å². The fourth-order valence-corrected chi connectivity index (χ4v) is 3.62. The van der Waals surface area contributed by atoms with E-state index in [1.807, 2.05) is 24.3 Å². The minimum absolute atomic E-state index is 0.197. The summed E-state index contributed by atoms with van der Waals surface area (Å²) in [4.78, 5) is 31.1. The molecule has 2 heterocycles. The second kappa shape index (κ2) is 8.54. The minimum Gasteiger partial charge on any atom is -0.369 e. The minimum atomic E-state index is -0.620. The maximum Gasteiger partial charge on any atom is 0.439 e. The number of piperazine rings is 1. The number of carbonyl (C=O) groups is 1. The predicted octanol–water partition coefficient (Wildman–Crippen LogP) is 2.81. The Morgan fingerprint density at radius 2 is 1.83 bits per heavy atom. The van der Waals surface area contributed by atoms with Crippen LogP contribution >= 0.6 is 0 Å². The molecule has 4 rings (SSSR count). The van der Waals surface area contributed by atoms with Crippen LogP contribution in [0.2, 0.25) is 0 Å². The molecule has 1 aromatic heterocycles. The van der Waals surface area contributed by atoms with Gasteiger partial charge in [-0.1, -0.05) is 17.3 Å². The molecule has 0 aliphatic carbocycles. The monoisotopic (exact) mass is 407 g/mol. The van der Waals surface area contributed by atoms with Gasteiger partial charge in [-0.3, -0.25) is 19.2 Å². The Bertz CT molecular complexity index is 1060. The molecule has 0 atom stereocenters. The van der Waals surface area contributed by atoms with Gasteiger partial charge in [0.2, 0.25) is 0 Å². The quantitative estimate of drug-likeness (QED) is 0.675. The zero-order chi connectivity index (χ0) is 21.1. The van der Waals surface area contributed by atoms with E-state index < -0.39 is 5.76 Å². The number of H-pyrrole nitrogens is 1. The highest BCUT2D eigenvalue weighted by Crippen LogP contribution is 2.21. The van der Waals surface area contributed by atoms with Gasteiger partial charge in [0.05, 0.1) is 0 Å². The maximum atomic E-state index is 12.6. The van der Waals surface area contributed by atoms with Crippen molar-refractivity contribution in [2.45, 2.75) is 19.9 Å². The summed E-state index contributed by atoms with van der Waals surface area (Å²) in [6.07, 6.45) is 0. The van der Waals surface area contributed by atoms with Gasteiger partial charge in [0, 0.05) is 54.7 Å². The topological polar surface area (TPSA) is 94.5 Å². The van der Waals surface area contributed by atoms with Crippen molar-refractivity contribution in [3.05, 3.63) is 64.6 Å². The molecule has 1 aliphatic heterocycles. The second-order valence-corrected chi connectivity index (χ2v) is 7.64. The van der Waals surface area contributed by atoms with Crippen molar-refractivity contribution in [3.8, 4) is 11.4 Å². The average molecular weight is 407 g/mol. The molecule has 1 amide bonds. The van der Waals surface area contributed by atoms with Gasteiger partial charge in [-0.25, -0.2) is 4.79 Å². The number of amides is 1. The molecule has 1 saturated heterocycles. The van der Waals surface area contributed by atoms with Gasteiger partial charge < -0.3 is 10.2 Å². The molecule has 0 bridgehead atoms. The Balaban J connectivity index is 1.40. The van der Waals surface area contributed by atoms with E-state index in [1.165, 1.54) is 0 Å². The number of hydrogen-bond donors (Lipinski definition) is 2. The molecule has 0 unspecified atom stereocenters. The maximum absolute atomic E-state index is 12.6. The van der Waals surface area contributed by atoms with Gasteiger partial charge >= 0.3 is 5.76 Å². The summed E-state index contributed by atoms with van der Waals surface area (Å²) in [5.41, 5.74) is 2.97. The molecule has 0 saturated carbocycles. The van der Waals surface area contributed by atoms with Gasteiger partial charge in [0.25, 0.3) is 5.91 Å². The largest absolute Gasteiger partial charge is 0.439 e. The fourth-order valence-electron chi connectivity index (χ4n) is 3.62. The number of benzene rings is 2. The van der Waals surface area contributed by atoms with E-state index in [1.54, 1.807) is 24.3 Å². The lowest BCUT2D eigenvalue weighted by Gasteiger charge is -2.38. The summed E-state index contributed by atoms with van der Waals surface area (Å²) < 4.78 is 4.53. The summed E-state index contributed by atoms with van der Waals surface area (Å²) in [7, 11) is 0. The number of aromatic amines is 1. The van der Waals surface area contributed by atoms with Crippen LogP contribution in [0, 0.1) is 0 Å². The molecule has 156 valence electrons. The predicted molar refractivity (Wildman–Crippen MR) is 116 cm³/mol. The SMILES string of the molecule is CC(C)N1CCN(c2ccc(C(=O)Nc3cccc(-c4noc(=O)[nH]4)c3)cc2)CC1. The zero-order valence-corrected chi connectivity index (χ0v) is 17.1. The van der Waals surface area contributed by atoms with Gasteiger partial charge in [0.15, 0.2) is 5.82 Å². The van der Waals surface area contributed by atoms with Crippen molar-refractivity contribution in [2.24, 2.45) is 0 Å². The van der Waals surface area contributed by atoms with Crippen LogP contribution in [0.25, 0.3) is 11.4 Å². The molecular formula is C22H25N5O3. The summed E-state index contributed by atoms with van der Waals surface area (Å²) in [5, 5.41) is 6.55. The summed E-state index contributed by atoms with van der Waals surface area (Å²) in [6, 6.07) is 15.3. The van der Waals surface area contributed by atoms with E-state index in [2.05, 4.69) is 43.6 Å². The van der Waals surface area contributed by atoms with Crippen LogP contribution in [0.5, 0.6) is 0 Å². The third kappa shape index (κ3) is 4.44. The summed E-state index contributed by atoms with van der Waals surface area (Å²) in [5.74, 6) is -0.500. The van der Waals surface area contributed by atoms with Crippen LogP contribution in [0.3, 0.4) is 0 Å². The fraction of sp³-hybridized carbons (Fsp3) is 0.318. The Labute approximate surface area is 174 Å². The van der Waals surface area contributed by atoms with E-state index in [4.69, 9.17) is 0 Å².